The van der Waals surface area contributed by atoms with Crippen LogP contribution in [0.25, 0.3) is 0 Å². The van der Waals surface area contributed by atoms with Crippen molar-refractivity contribution in [2.45, 2.75) is 31.2 Å². The molecule has 0 spiro atoms. The van der Waals surface area contributed by atoms with Crippen LogP contribution in [-0.2, 0) is 4.79 Å². The standard InChI is InChI=1S/C15H17NO5/c17-12(18)9-15(5-2-6-15)16-14(19)10-3-1-4-11-13(10)21-8-7-20-11/h1,3-4H,2,5-9H2,(H,16,19)(H,17,18). The fourth-order valence-corrected chi connectivity index (χ4v) is 2.80. The molecule has 1 aromatic rings. The summed E-state index contributed by atoms with van der Waals surface area (Å²) in [5.41, 5.74) is -0.231. The number of para-hydroxylation sites is 1. The molecule has 1 aliphatic carbocycles. The zero-order chi connectivity index (χ0) is 14.9. The van der Waals surface area contributed by atoms with Gasteiger partial charge >= 0.3 is 5.97 Å². The normalized spacial score (nSPS) is 18.5. The Morgan fingerprint density at radius 1 is 1.24 bits per heavy atom. The molecule has 112 valence electrons. The van der Waals surface area contributed by atoms with Crippen molar-refractivity contribution in [3.05, 3.63) is 23.8 Å². The van der Waals surface area contributed by atoms with Crippen LogP contribution in [0.5, 0.6) is 11.5 Å². The molecule has 6 nitrogen and oxygen atoms in total. The molecule has 1 saturated carbocycles. The Bertz CT molecular complexity index is 579. The summed E-state index contributed by atoms with van der Waals surface area (Å²) in [7, 11) is 0. The summed E-state index contributed by atoms with van der Waals surface area (Å²) in [6, 6.07) is 5.14. The lowest BCUT2D eigenvalue weighted by Gasteiger charge is -2.41. The van der Waals surface area contributed by atoms with Crippen molar-refractivity contribution in [3.8, 4) is 11.5 Å². The first-order valence-corrected chi connectivity index (χ1v) is 7.03. The summed E-state index contributed by atoms with van der Waals surface area (Å²) in [5, 5.41) is 11.9. The molecule has 0 saturated heterocycles. The molecule has 0 atom stereocenters. The number of ether oxygens (including phenoxy) is 2. The van der Waals surface area contributed by atoms with Gasteiger partial charge in [-0.15, -0.1) is 0 Å². The van der Waals surface area contributed by atoms with E-state index in [-0.39, 0.29) is 12.3 Å². The molecule has 0 radical (unpaired) electrons. The molecule has 1 aliphatic heterocycles. The molecule has 1 aromatic carbocycles. The third kappa shape index (κ3) is 2.66. The maximum atomic E-state index is 12.5. The summed E-state index contributed by atoms with van der Waals surface area (Å²) >= 11 is 0. The Morgan fingerprint density at radius 3 is 2.67 bits per heavy atom. The van der Waals surface area contributed by atoms with Gasteiger partial charge in [0.05, 0.1) is 17.5 Å². The highest BCUT2D eigenvalue weighted by molar-refractivity contribution is 5.98. The van der Waals surface area contributed by atoms with Gasteiger partial charge in [0.25, 0.3) is 5.91 Å². The van der Waals surface area contributed by atoms with E-state index in [4.69, 9.17) is 14.6 Å². The van der Waals surface area contributed by atoms with Crippen LogP contribution in [0.2, 0.25) is 0 Å². The molecule has 1 heterocycles. The Balaban J connectivity index is 1.81. The lowest BCUT2D eigenvalue weighted by molar-refractivity contribution is -0.139. The van der Waals surface area contributed by atoms with Gasteiger partial charge in [0.15, 0.2) is 11.5 Å². The van der Waals surface area contributed by atoms with Crippen molar-refractivity contribution in [1.29, 1.82) is 0 Å². The van der Waals surface area contributed by atoms with Gasteiger partial charge in [-0.05, 0) is 31.4 Å². The van der Waals surface area contributed by atoms with Gasteiger partial charge in [-0.1, -0.05) is 6.07 Å². The lowest BCUT2D eigenvalue weighted by atomic mass is 9.74. The molecule has 1 amide bonds. The third-order valence-electron chi connectivity index (χ3n) is 3.99. The number of aliphatic carboxylic acids is 1. The van der Waals surface area contributed by atoms with Crippen LogP contribution in [0.4, 0.5) is 0 Å². The summed E-state index contributed by atoms with van der Waals surface area (Å²) in [6.45, 7) is 0.860. The quantitative estimate of drug-likeness (QED) is 0.880. The minimum absolute atomic E-state index is 0.0505. The molecule has 0 bridgehead atoms. The maximum Gasteiger partial charge on any atom is 0.305 e. The van der Waals surface area contributed by atoms with E-state index in [1.165, 1.54) is 0 Å². The van der Waals surface area contributed by atoms with E-state index in [9.17, 15) is 9.59 Å². The molecule has 2 aliphatic rings. The fraction of sp³-hybridized carbons (Fsp3) is 0.467. The van der Waals surface area contributed by atoms with Crippen molar-refractivity contribution in [3.63, 3.8) is 0 Å². The van der Waals surface area contributed by atoms with Crippen LogP contribution >= 0.6 is 0 Å². The number of carbonyl (C=O) groups excluding carboxylic acids is 1. The second-order valence-electron chi connectivity index (χ2n) is 5.49. The maximum absolute atomic E-state index is 12.5. The van der Waals surface area contributed by atoms with E-state index in [0.717, 1.165) is 6.42 Å². The Hall–Kier alpha value is -2.24. The highest BCUT2D eigenvalue weighted by atomic mass is 16.6. The summed E-state index contributed by atoms with van der Waals surface area (Å²) in [5.74, 6) is -0.219. The number of carbonyl (C=O) groups is 2. The average Bonchev–Trinajstić information content (AvgIpc) is 2.43. The summed E-state index contributed by atoms with van der Waals surface area (Å²) in [6.07, 6.45) is 2.26. The number of nitrogens with one attached hydrogen (secondary N) is 1. The SMILES string of the molecule is O=C(O)CC1(NC(=O)c2cccc3c2OCCO3)CCC1. The predicted octanol–water partition coefficient (Wildman–Crippen LogP) is 1.58. The number of carboxylic acids is 1. The van der Waals surface area contributed by atoms with Gasteiger partial charge in [0, 0.05) is 0 Å². The average molecular weight is 291 g/mol. The van der Waals surface area contributed by atoms with Gasteiger partial charge < -0.3 is 19.9 Å². The Kier molecular flexibility index (Phi) is 3.45. The number of fused-ring (bicyclic) bond motifs is 1. The van der Waals surface area contributed by atoms with Crippen LogP contribution in [-0.4, -0.2) is 35.7 Å². The third-order valence-corrected chi connectivity index (χ3v) is 3.99. The van der Waals surface area contributed by atoms with Gasteiger partial charge in [-0.25, -0.2) is 0 Å². The number of amides is 1. The number of hydrogen-bond acceptors (Lipinski definition) is 4. The van der Waals surface area contributed by atoms with Crippen LogP contribution < -0.4 is 14.8 Å². The van der Waals surface area contributed by atoms with E-state index in [1.54, 1.807) is 18.2 Å². The highest BCUT2D eigenvalue weighted by Gasteiger charge is 2.41. The predicted molar refractivity (Wildman–Crippen MR) is 73.7 cm³/mol. The summed E-state index contributed by atoms with van der Waals surface area (Å²) < 4.78 is 11.0. The van der Waals surface area contributed by atoms with E-state index >= 15 is 0 Å². The van der Waals surface area contributed by atoms with Crippen LogP contribution in [0, 0.1) is 0 Å². The molecular weight excluding hydrogens is 274 g/mol. The molecule has 6 heteroatoms. The van der Waals surface area contributed by atoms with E-state index < -0.39 is 11.5 Å². The van der Waals surface area contributed by atoms with Crippen LogP contribution in [0.15, 0.2) is 18.2 Å². The van der Waals surface area contributed by atoms with Gasteiger partial charge in [-0.3, -0.25) is 9.59 Å². The molecule has 0 aromatic heterocycles. The number of rotatable bonds is 4. The fourth-order valence-electron chi connectivity index (χ4n) is 2.80. The van der Waals surface area contributed by atoms with E-state index in [1.807, 2.05) is 0 Å². The lowest BCUT2D eigenvalue weighted by Crippen LogP contribution is -2.54. The topological polar surface area (TPSA) is 84.9 Å². The van der Waals surface area contributed by atoms with Crippen molar-refractivity contribution >= 4 is 11.9 Å². The first-order valence-electron chi connectivity index (χ1n) is 7.03. The smallest absolute Gasteiger partial charge is 0.305 e. The van der Waals surface area contributed by atoms with Crippen molar-refractivity contribution in [2.75, 3.05) is 13.2 Å². The zero-order valence-electron chi connectivity index (χ0n) is 11.6. The molecule has 1 fully saturated rings. The second kappa shape index (κ2) is 5.27. The Labute approximate surface area is 122 Å². The molecule has 2 N–H and O–H groups in total. The first kappa shape index (κ1) is 13.7. The monoisotopic (exact) mass is 291 g/mol. The molecular formula is C15H17NO5. The molecule has 21 heavy (non-hydrogen) atoms. The molecule has 3 rings (SSSR count). The van der Waals surface area contributed by atoms with Gasteiger partial charge in [0.1, 0.15) is 13.2 Å². The molecule has 0 unspecified atom stereocenters. The van der Waals surface area contributed by atoms with Gasteiger partial charge in [-0.2, -0.15) is 0 Å². The summed E-state index contributed by atoms with van der Waals surface area (Å²) in [4.78, 5) is 23.4. The highest BCUT2D eigenvalue weighted by Crippen LogP contribution is 2.37. The van der Waals surface area contributed by atoms with Crippen molar-refractivity contribution in [2.24, 2.45) is 0 Å². The second-order valence-corrected chi connectivity index (χ2v) is 5.49. The first-order chi connectivity index (χ1) is 10.1. The van der Waals surface area contributed by atoms with Gasteiger partial charge in [0.2, 0.25) is 0 Å². The zero-order valence-corrected chi connectivity index (χ0v) is 11.6. The van der Waals surface area contributed by atoms with E-state index in [2.05, 4.69) is 5.32 Å². The number of hydrogen-bond donors (Lipinski definition) is 2. The number of carboxylic acid groups (broad SMARTS) is 1. The van der Waals surface area contributed by atoms with E-state index in [0.29, 0.717) is 43.1 Å². The van der Waals surface area contributed by atoms with Crippen molar-refractivity contribution in [1.82, 2.24) is 5.32 Å². The minimum atomic E-state index is -0.898. The largest absolute Gasteiger partial charge is 0.486 e. The minimum Gasteiger partial charge on any atom is -0.486 e. The Morgan fingerprint density at radius 2 is 2.00 bits per heavy atom. The van der Waals surface area contributed by atoms with Crippen molar-refractivity contribution < 1.29 is 24.2 Å². The van der Waals surface area contributed by atoms with Crippen LogP contribution in [0.3, 0.4) is 0 Å². The number of benzene rings is 1. The van der Waals surface area contributed by atoms with Crippen LogP contribution in [0.1, 0.15) is 36.0 Å².